The van der Waals surface area contributed by atoms with Crippen molar-refractivity contribution in [1.29, 1.82) is 0 Å². The fourth-order valence-corrected chi connectivity index (χ4v) is 3.87. The summed E-state index contributed by atoms with van der Waals surface area (Å²) in [6.45, 7) is 2.05. The number of urea groups is 1. The zero-order valence-corrected chi connectivity index (χ0v) is 14.2. The van der Waals surface area contributed by atoms with Crippen LogP contribution in [0.1, 0.15) is 24.8 Å². The van der Waals surface area contributed by atoms with E-state index in [1.54, 1.807) is 0 Å². The van der Waals surface area contributed by atoms with E-state index in [1.165, 1.54) is 7.11 Å². The maximum atomic E-state index is 12.4. The number of amides is 2. The molecule has 1 N–H and O–H groups in total. The van der Waals surface area contributed by atoms with E-state index >= 15 is 0 Å². The van der Waals surface area contributed by atoms with Gasteiger partial charge in [0.2, 0.25) is 6.79 Å². The second kappa shape index (κ2) is 6.13. The minimum Gasteiger partial charge on any atom is -0.469 e. The van der Waals surface area contributed by atoms with Crippen molar-refractivity contribution in [3.05, 3.63) is 23.8 Å². The first-order chi connectivity index (χ1) is 12.1. The van der Waals surface area contributed by atoms with Crippen LogP contribution in [0.5, 0.6) is 11.5 Å². The van der Waals surface area contributed by atoms with Gasteiger partial charge in [-0.15, -0.1) is 0 Å². The zero-order chi connectivity index (χ0) is 17.4. The first kappa shape index (κ1) is 16.1. The molecule has 134 valence electrons. The predicted molar refractivity (Wildman–Crippen MR) is 88.2 cm³/mol. The second-order valence-electron chi connectivity index (χ2n) is 6.98. The van der Waals surface area contributed by atoms with E-state index in [0.29, 0.717) is 25.4 Å². The van der Waals surface area contributed by atoms with Crippen LogP contribution in [-0.4, -0.2) is 43.9 Å². The summed E-state index contributed by atoms with van der Waals surface area (Å²) in [6, 6.07) is 5.60. The number of benzene rings is 1. The molecule has 1 aromatic carbocycles. The summed E-state index contributed by atoms with van der Waals surface area (Å²) in [5.74, 6) is 1.37. The fraction of sp³-hybridized carbons (Fsp3) is 0.556. The number of nitrogens with zero attached hydrogens (tertiary/aromatic N) is 1. The van der Waals surface area contributed by atoms with Crippen molar-refractivity contribution in [3.8, 4) is 11.5 Å². The molecule has 2 amide bonds. The van der Waals surface area contributed by atoms with Crippen LogP contribution in [0.4, 0.5) is 4.79 Å². The highest BCUT2D eigenvalue weighted by molar-refractivity contribution is 5.77. The number of piperidine rings is 1. The lowest BCUT2D eigenvalue weighted by Crippen LogP contribution is -2.45. The third kappa shape index (κ3) is 2.99. The molecule has 2 heterocycles. The van der Waals surface area contributed by atoms with Gasteiger partial charge in [-0.2, -0.15) is 0 Å². The standard InChI is InChI=1S/C18H22N2O5/c1-23-16(21)13-9-18(13)4-6-20(7-5-18)17(22)19-10-12-2-3-14-15(8-12)25-11-24-14/h2-3,8,13H,4-7,9-11H2,1H3,(H,19,22). The summed E-state index contributed by atoms with van der Waals surface area (Å²) in [6.07, 6.45) is 2.63. The number of ether oxygens (including phenoxy) is 3. The molecule has 1 aromatic rings. The summed E-state index contributed by atoms with van der Waals surface area (Å²) >= 11 is 0. The average molecular weight is 346 g/mol. The molecule has 0 bridgehead atoms. The van der Waals surface area contributed by atoms with Gasteiger partial charge >= 0.3 is 12.0 Å². The molecule has 4 rings (SSSR count). The van der Waals surface area contributed by atoms with Crippen molar-refractivity contribution in [2.24, 2.45) is 11.3 Å². The highest BCUT2D eigenvalue weighted by Gasteiger charge is 2.59. The summed E-state index contributed by atoms with van der Waals surface area (Å²) in [7, 11) is 1.44. The topological polar surface area (TPSA) is 77.1 Å². The van der Waals surface area contributed by atoms with Crippen LogP contribution in [0, 0.1) is 11.3 Å². The molecule has 1 spiro atoms. The van der Waals surface area contributed by atoms with Crippen LogP contribution in [0.25, 0.3) is 0 Å². The molecule has 3 aliphatic rings. The fourth-order valence-electron chi connectivity index (χ4n) is 3.87. The molecular formula is C18H22N2O5. The highest BCUT2D eigenvalue weighted by Crippen LogP contribution is 2.59. The number of carbonyl (C=O) groups is 2. The normalized spacial score (nSPS) is 22.6. The number of fused-ring (bicyclic) bond motifs is 1. The van der Waals surface area contributed by atoms with Crippen molar-refractivity contribution in [2.45, 2.75) is 25.8 Å². The first-order valence-electron chi connectivity index (χ1n) is 8.60. The quantitative estimate of drug-likeness (QED) is 0.846. The molecule has 7 heteroatoms. The molecule has 0 aromatic heterocycles. The molecule has 1 saturated carbocycles. The van der Waals surface area contributed by atoms with Crippen LogP contribution < -0.4 is 14.8 Å². The lowest BCUT2D eigenvalue weighted by atomic mass is 9.91. The van der Waals surface area contributed by atoms with Crippen LogP contribution in [0.2, 0.25) is 0 Å². The Hall–Kier alpha value is -2.44. The minimum absolute atomic E-state index is 0.0244. The lowest BCUT2D eigenvalue weighted by Gasteiger charge is -2.32. The maximum Gasteiger partial charge on any atom is 0.317 e. The predicted octanol–water partition coefficient (Wildman–Crippen LogP) is 1.90. The molecule has 1 atom stereocenters. The number of carbonyl (C=O) groups excluding carboxylic acids is 2. The van der Waals surface area contributed by atoms with E-state index < -0.39 is 0 Å². The first-order valence-corrected chi connectivity index (χ1v) is 8.60. The van der Waals surface area contributed by atoms with Crippen molar-refractivity contribution in [3.63, 3.8) is 0 Å². The molecule has 0 radical (unpaired) electrons. The van der Waals surface area contributed by atoms with Gasteiger partial charge in [0.1, 0.15) is 0 Å². The van der Waals surface area contributed by atoms with Crippen molar-refractivity contribution in [2.75, 3.05) is 27.0 Å². The maximum absolute atomic E-state index is 12.4. The van der Waals surface area contributed by atoms with Gasteiger partial charge < -0.3 is 24.4 Å². The third-order valence-corrected chi connectivity index (χ3v) is 5.60. The van der Waals surface area contributed by atoms with Gasteiger partial charge in [0.15, 0.2) is 11.5 Å². The average Bonchev–Trinajstić information content (AvgIpc) is 3.13. The van der Waals surface area contributed by atoms with Crippen molar-refractivity contribution >= 4 is 12.0 Å². The highest BCUT2D eigenvalue weighted by atomic mass is 16.7. The van der Waals surface area contributed by atoms with Crippen LogP contribution in [0.15, 0.2) is 18.2 Å². The van der Waals surface area contributed by atoms with Crippen molar-refractivity contribution in [1.82, 2.24) is 10.2 Å². The van der Waals surface area contributed by atoms with Gasteiger partial charge in [0.25, 0.3) is 0 Å². The second-order valence-corrected chi connectivity index (χ2v) is 6.98. The molecule has 2 aliphatic heterocycles. The molecule has 25 heavy (non-hydrogen) atoms. The van der Waals surface area contributed by atoms with Gasteiger partial charge in [-0.05, 0) is 42.4 Å². The number of esters is 1. The Morgan fingerprint density at radius 1 is 1.28 bits per heavy atom. The molecule has 1 aliphatic carbocycles. The van der Waals surface area contributed by atoms with Gasteiger partial charge in [0.05, 0.1) is 13.0 Å². The van der Waals surface area contributed by atoms with Gasteiger partial charge in [-0.3, -0.25) is 4.79 Å². The summed E-state index contributed by atoms with van der Waals surface area (Å²) in [5.41, 5.74) is 1.04. The lowest BCUT2D eigenvalue weighted by molar-refractivity contribution is -0.143. The number of methoxy groups -OCH3 is 1. The van der Waals surface area contributed by atoms with E-state index in [0.717, 1.165) is 30.6 Å². The number of hydrogen-bond acceptors (Lipinski definition) is 5. The van der Waals surface area contributed by atoms with Crippen molar-refractivity contribution < 1.29 is 23.8 Å². The Morgan fingerprint density at radius 2 is 2.04 bits per heavy atom. The largest absolute Gasteiger partial charge is 0.469 e. The Bertz CT molecular complexity index is 697. The zero-order valence-electron chi connectivity index (χ0n) is 14.2. The van der Waals surface area contributed by atoms with E-state index in [2.05, 4.69) is 5.32 Å². The molecular weight excluding hydrogens is 324 g/mol. The number of rotatable bonds is 3. The molecule has 2 fully saturated rings. The number of likely N-dealkylation sites (tertiary alicyclic amines) is 1. The van der Waals surface area contributed by atoms with E-state index in [9.17, 15) is 9.59 Å². The molecule has 7 nitrogen and oxygen atoms in total. The Labute approximate surface area is 146 Å². The third-order valence-electron chi connectivity index (χ3n) is 5.60. The summed E-state index contributed by atoms with van der Waals surface area (Å²) in [4.78, 5) is 25.9. The Balaban J connectivity index is 1.26. The Morgan fingerprint density at radius 3 is 2.80 bits per heavy atom. The molecule has 1 unspecified atom stereocenters. The monoisotopic (exact) mass is 346 g/mol. The van der Waals surface area contributed by atoms with Gasteiger partial charge in [-0.1, -0.05) is 6.07 Å². The van der Waals surface area contributed by atoms with Crippen LogP contribution in [0.3, 0.4) is 0 Å². The smallest absolute Gasteiger partial charge is 0.317 e. The SMILES string of the molecule is COC(=O)C1CC12CCN(C(=O)NCc1ccc3c(c1)OCO3)CC2. The summed E-state index contributed by atoms with van der Waals surface area (Å²) in [5, 5.41) is 2.95. The number of nitrogens with one attached hydrogen (secondary N) is 1. The van der Waals surface area contributed by atoms with Crippen LogP contribution >= 0.6 is 0 Å². The van der Waals surface area contributed by atoms with E-state index in [-0.39, 0.29) is 30.1 Å². The minimum atomic E-state index is -0.110. The molecule has 1 saturated heterocycles. The van der Waals surface area contributed by atoms with E-state index in [1.807, 2.05) is 23.1 Å². The van der Waals surface area contributed by atoms with Crippen LogP contribution in [-0.2, 0) is 16.1 Å². The Kier molecular flexibility index (Phi) is 3.94. The van der Waals surface area contributed by atoms with E-state index in [4.69, 9.17) is 14.2 Å². The van der Waals surface area contributed by atoms with Gasteiger partial charge in [0, 0.05) is 19.6 Å². The number of hydrogen-bond donors (Lipinski definition) is 1. The van der Waals surface area contributed by atoms with Gasteiger partial charge in [-0.25, -0.2) is 4.79 Å². The summed E-state index contributed by atoms with van der Waals surface area (Å²) < 4.78 is 15.5.